The second-order valence-corrected chi connectivity index (χ2v) is 6.56. The van der Waals surface area contributed by atoms with Crippen molar-refractivity contribution in [3.63, 3.8) is 0 Å². The quantitative estimate of drug-likeness (QED) is 0.645. The molecule has 1 saturated heterocycles. The van der Waals surface area contributed by atoms with Crippen LogP contribution in [-0.4, -0.2) is 44.6 Å². The van der Waals surface area contributed by atoms with E-state index in [4.69, 9.17) is 0 Å². The van der Waals surface area contributed by atoms with E-state index in [-0.39, 0.29) is 30.7 Å². The highest BCUT2D eigenvalue weighted by Crippen LogP contribution is 2.24. The van der Waals surface area contributed by atoms with Crippen molar-refractivity contribution in [1.29, 1.82) is 0 Å². The van der Waals surface area contributed by atoms with E-state index in [0.717, 1.165) is 16.0 Å². The number of carbonyl (C=O) groups is 2. The summed E-state index contributed by atoms with van der Waals surface area (Å²) in [5.41, 5.74) is 1.61. The minimum atomic E-state index is -2.89. The molecule has 3 N–H and O–H groups in total. The van der Waals surface area contributed by atoms with Crippen molar-refractivity contribution in [2.24, 2.45) is 0 Å². The van der Waals surface area contributed by atoms with Gasteiger partial charge in [0.05, 0.1) is 19.1 Å². The molecule has 0 saturated carbocycles. The van der Waals surface area contributed by atoms with Gasteiger partial charge in [-0.1, -0.05) is 42.5 Å². The zero-order valence-electron chi connectivity index (χ0n) is 15.2. The van der Waals surface area contributed by atoms with E-state index in [1.165, 1.54) is 12.1 Å². The van der Waals surface area contributed by atoms with Gasteiger partial charge in [0.25, 0.3) is 11.8 Å². The molecule has 3 rings (SSSR count). The summed E-state index contributed by atoms with van der Waals surface area (Å²) in [7, 11) is 0. The summed E-state index contributed by atoms with van der Waals surface area (Å²) in [5, 5.41) is 5.73. The Morgan fingerprint density at radius 1 is 1.11 bits per heavy atom. The molecule has 28 heavy (non-hydrogen) atoms. The van der Waals surface area contributed by atoms with Crippen molar-refractivity contribution in [2.75, 3.05) is 26.2 Å². The van der Waals surface area contributed by atoms with Crippen LogP contribution in [0.25, 0.3) is 0 Å². The van der Waals surface area contributed by atoms with Crippen molar-refractivity contribution in [3.05, 3.63) is 65.7 Å². The molecule has 2 aromatic rings. The average molecular weight is 390 g/mol. The molecule has 148 valence electrons. The fraction of sp³-hybridized carbons (Fsp3) is 0.300. The van der Waals surface area contributed by atoms with Crippen LogP contribution in [0, 0.1) is 0 Å². The fourth-order valence-corrected chi connectivity index (χ4v) is 3.19. The molecule has 1 aliphatic rings. The number of quaternary nitrogens is 1. The van der Waals surface area contributed by atoms with E-state index in [2.05, 4.69) is 15.4 Å². The molecule has 2 amide bonds. The lowest BCUT2D eigenvalue weighted by Crippen LogP contribution is -3.16. The molecule has 6 nitrogen and oxygen atoms in total. The zero-order chi connectivity index (χ0) is 19.9. The third kappa shape index (κ3) is 5.50. The van der Waals surface area contributed by atoms with E-state index in [1.807, 2.05) is 30.3 Å². The van der Waals surface area contributed by atoms with Crippen LogP contribution in [0.2, 0.25) is 0 Å². The number of halogens is 2. The van der Waals surface area contributed by atoms with Crippen LogP contribution in [0.4, 0.5) is 8.78 Å². The second-order valence-electron chi connectivity index (χ2n) is 6.56. The van der Waals surface area contributed by atoms with Crippen molar-refractivity contribution in [2.45, 2.75) is 12.7 Å². The van der Waals surface area contributed by atoms with Crippen molar-refractivity contribution >= 4 is 11.8 Å². The van der Waals surface area contributed by atoms with Crippen LogP contribution in [0.5, 0.6) is 5.75 Å². The van der Waals surface area contributed by atoms with Gasteiger partial charge >= 0.3 is 6.61 Å². The summed E-state index contributed by atoms with van der Waals surface area (Å²) >= 11 is 0. The summed E-state index contributed by atoms with van der Waals surface area (Å²) in [6.07, 6.45) is 0. The van der Waals surface area contributed by atoms with Crippen LogP contribution < -0.4 is 20.3 Å². The number of nitrogens with one attached hydrogen (secondary N) is 3. The van der Waals surface area contributed by atoms with Gasteiger partial charge in [0.15, 0.2) is 13.1 Å². The lowest BCUT2D eigenvalue weighted by molar-refractivity contribution is -0.885. The first-order valence-electron chi connectivity index (χ1n) is 9.00. The summed E-state index contributed by atoms with van der Waals surface area (Å²) in [4.78, 5) is 25.0. The number of alkyl halides is 2. The standard InChI is InChI=1S/C20H21F2N3O3/c21-20(22)28-16-8-6-15(7-9-16)19(14-4-2-1-3-5-14)24-18(27)13-25-11-10-23-17(26)12-25/h1-9,19-20H,10-13H2,(H,23,26)(H,24,27)/p+1/t19-/m0/s1. The smallest absolute Gasteiger partial charge is 0.387 e. The molecule has 0 aromatic heterocycles. The maximum Gasteiger partial charge on any atom is 0.387 e. The lowest BCUT2D eigenvalue weighted by atomic mass is 9.98. The van der Waals surface area contributed by atoms with Crippen LogP contribution >= 0.6 is 0 Å². The van der Waals surface area contributed by atoms with Gasteiger partial charge in [-0.05, 0) is 23.3 Å². The fourth-order valence-electron chi connectivity index (χ4n) is 3.19. The highest BCUT2D eigenvalue weighted by atomic mass is 19.3. The summed E-state index contributed by atoms with van der Waals surface area (Å²) in [6, 6.07) is 15.1. The number of benzene rings is 2. The van der Waals surface area contributed by atoms with E-state index >= 15 is 0 Å². The molecule has 1 heterocycles. The average Bonchev–Trinajstić information content (AvgIpc) is 2.67. The topological polar surface area (TPSA) is 71.9 Å². The second kappa shape index (κ2) is 9.27. The highest BCUT2D eigenvalue weighted by Gasteiger charge is 2.24. The van der Waals surface area contributed by atoms with Gasteiger partial charge in [-0.3, -0.25) is 9.59 Å². The molecule has 0 spiro atoms. The number of amides is 2. The van der Waals surface area contributed by atoms with Gasteiger partial charge in [-0.15, -0.1) is 0 Å². The molecule has 0 bridgehead atoms. The van der Waals surface area contributed by atoms with E-state index in [0.29, 0.717) is 13.1 Å². The largest absolute Gasteiger partial charge is 0.435 e. The minimum absolute atomic E-state index is 0.0562. The third-order valence-electron chi connectivity index (χ3n) is 4.50. The van der Waals surface area contributed by atoms with Crippen LogP contribution in [0.3, 0.4) is 0 Å². The molecule has 0 aliphatic carbocycles. The lowest BCUT2D eigenvalue weighted by Gasteiger charge is -2.25. The number of ether oxygens (including phenoxy) is 1. The Kier molecular flexibility index (Phi) is 6.54. The van der Waals surface area contributed by atoms with Gasteiger partial charge in [0.2, 0.25) is 0 Å². The molecule has 2 aromatic carbocycles. The van der Waals surface area contributed by atoms with Gasteiger partial charge in [0, 0.05) is 0 Å². The van der Waals surface area contributed by atoms with Crippen molar-refractivity contribution < 1.29 is 28.0 Å². The Bertz CT molecular complexity index is 800. The van der Waals surface area contributed by atoms with E-state index in [1.54, 1.807) is 12.1 Å². The molecule has 8 heteroatoms. The summed E-state index contributed by atoms with van der Waals surface area (Å²) in [5.74, 6) is -0.199. The number of rotatable bonds is 7. The normalized spacial score (nSPS) is 17.7. The number of hydrogen-bond donors (Lipinski definition) is 3. The molecule has 1 fully saturated rings. The summed E-state index contributed by atoms with van der Waals surface area (Å²) < 4.78 is 29.1. The molecule has 2 atom stereocenters. The molecular weight excluding hydrogens is 368 g/mol. The van der Waals surface area contributed by atoms with Crippen molar-refractivity contribution in [1.82, 2.24) is 10.6 Å². The van der Waals surface area contributed by atoms with Crippen LogP contribution in [0.1, 0.15) is 17.2 Å². The summed E-state index contributed by atoms with van der Waals surface area (Å²) in [6.45, 7) is -1.20. The Morgan fingerprint density at radius 2 is 1.79 bits per heavy atom. The maximum absolute atomic E-state index is 12.6. The first-order valence-corrected chi connectivity index (χ1v) is 9.00. The van der Waals surface area contributed by atoms with E-state index in [9.17, 15) is 18.4 Å². The zero-order valence-corrected chi connectivity index (χ0v) is 15.2. The Balaban J connectivity index is 1.74. The number of piperazine rings is 1. The molecule has 1 aliphatic heterocycles. The maximum atomic E-state index is 12.6. The monoisotopic (exact) mass is 390 g/mol. The van der Waals surface area contributed by atoms with Gasteiger partial charge < -0.3 is 20.3 Å². The predicted octanol–water partition coefficient (Wildman–Crippen LogP) is 0.508. The SMILES string of the molecule is O=C1C[NH+](CC(=O)N[C@@H](c2ccccc2)c2ccc(OC(F)F)cc2)CCN1. The molecule has 0 radical (unpaired) electrons. The Morgan fingerprint density at radius 3 is 2.43 bits per heavy atom. The third-order valence-corrected chi connectivity index (χ3v) is 4.50. The minimum Gasteiger partial charge on any atom is -0.435 e. The Hall–Kier alpha value is -3.00. The first-order chi connectivity index (χ1) is 13.5. The number of carbonyl (C=O) groups excluding carboxylic acids is 2. The van der Waals surface area contributed by atoms with Gasteiger partial charge in [-0.2, -0.15) is 8.78 Å². The molecular formula is C20H22F2N3O3+. The van der Waals surface area contributed by atoms with E-state index < -0.39 is 12.7 Å². The first kappa shape index (κ1) is 19.8. The molecule has 1 unspecified atom stereocenters. The predicted molar refractivity (Wildman–Crippen MR) is 98.1 cm³/mol. The van der Waals surface area contributed by atoms with Gasteiger partial charge in [-0.25, -0.2) is 0 Å². The van der Waals surface area contributed by atoms with Crippen LogP contribution in [0.15, 0.2) is 54.6 Å². The van der Waals surface area contributed by atoms with Crippen LogP contribution in [-0.2, 0) is 9.59 Å². The Labute approximate surface area is 161 Å². The highest BCUT2D eigenvalue weighted by molar-refractivity contribution is 5.79. The van der Waals surface area contributed by atoms with Crippen molar-refractivity contribution in [3.8, 4) is 5.75 Å². The number of hydrogen-bond acceptors (Lipinski definition) is 3. The van der Waals surface area contributed by atoms with Gasteiger partial charge in [0.1, 0.15) is 5.75 Å².